The van der Waals surface area contributed by atoms with Gasteiger partial charge in [-0.25, -0.2) is 4.68 Å². The number of pyridine rings is 1. The molecule has 8 heteroatoms. The zero-order chi connectivity index (χ0) is 27.6. The van der Waals surface area contributed by atoms with E-state index in [1.54, 1.807) is 15.4 Å². The molecule has 2 aromatic heterocycles. The molecule has 0 saturated heterocycles. The SMILES string of the molecule is CC(NC(=O)c1c(N)nn2c1NCC=C2)c1cc2cccc(C#Cc3ccccc3)c2c(=O)n1-c1ccccc1. The third kappa shape index (κ3) is 4.50. The van der Waals surface area contributed by atoms with Gasteiger partial charge in [0.2, 0.25) is 0 Å². The van der Waals surface area contributed by atoms with Crippen LogP contribution in [0.4, 0.5) is 11.6 Å². The van der Waals surface area contributed by atoms with Gasteiger partial charge in [0.1, 0.15) is 11.4 Å². The minimum atomic E-state index is -0.544. The number of rotatable bonds is 4. The minimum Gasteiger partial charge on any atom is -0.381 e. The van der Waals surface area contributed by atoms with E-state index in [1.165, 1.54) is 0 Å². The lowest BCUT2D eigenvalue weighted by atomic mass is 10.0. The van der Waals surface area contributed by atoms with Crippen LogP contribution in [-0.2, 0) is 0 Å². The predicted molar refractivity (Wildman–Crippen MR) is 158 cm³/mol. The van der Waals surface area contributed by atoms with Crippen molar-refractivity contribution in [1.29, 1.82) is 0 Å². The average molecular weight is 527 g/mol. The van der Waals surface area contributed by atoms with Crippen molar-refractivity contribution < 1.29 is 4.79 Å². The summed E-state index contributed by atoms with van der Waals surface area (Å²) in [5.74, 6) is 6.62. The number of hydrogen-bond acceptors (Lipinski definition) is 5. The lowest BCUT2D eigenvalue weighted by molar-refractivity contribution is 0.0940. The van der Waals surface area contributed by atoms with Crippen molar-refractivity contribution in [2.24, 2.45) is 0 Å². The quantitative estimate of drug-likeness (QED) is 0.298. The van der Waals surface area contributed by atoms with E-state index in [4.69, 9.17) is 5.73 Å². The molecule has 0 saturated carbocycles. The first kappa shape index (κ1) is 24.8. The van der Waals surface area contributed by atoms with Crippen molar-refractivity contribution in [2.45, 2.75) is 13.0 Å². The van der Waals surface area contributed by atoms with E-state index in [0.717, 1.165) is 10.9 Å². The van der Waals surface area contributed by atoms with Gasteiger partial charge in [0.15, 0.2) is 5.82 Å². The summed E-state index contributed by atoms with van der Waals surface area (Å²) in [6, 6.07) is 26.0. The molecule has 3 aromatic carbocycles. The number of benzene rings is 3. The molecule has 1 aliphatic rings. The van der Waals surface area contributed by atoms with E-state index in [2.05, 4.69) is 27.6 Å². The molecule has 0 radical (unpaired) electrons. The molecule has 1 amide bonds. The number of nitrogens with two attached hydrogens (primary N) is 1. The number of nitrogens with one attached hydrogen (secondary N) is 2. The van der Waals surface area contributed by atoms with Crippen molar-refractivity contribution >= 4 is 34.5 Å². The fourth-order valence-electron chi connectivity index (χ4n) is 4.91. The first-order valence-corrected chi connectivity index (χ1v) is 12.9. The van der Waals surface area contributed by atoms with Gasteiger partial charge < -0.3 is 16.4 Å². The number of para-hydroxylation sites is 1. The second kappa shape index (κ2) is 10.3. The summed E-state index contributed by atoms with van der Waals surface area (Å²) >= 11 is 0. The maximum atomic E-state index is 14.2. The summed E-state index contributed by atoms with van der Waals surface area (Å²) in [5.41, 5.74) is 8.97. The van der Waals surface area contributed by atoms with E-state index in [0.29, 0.717) is 34.7 Å². The van der Waals surface area contributed by atoms with Crippen LogP contribution in [0.15, 0.2) is 95.8 Å². The summed E-state index contributed by atoms with van der Waals surface area (Å²) in [5, 5.41) is 11.7. The molecule has 5 aromatic rings. The number of hydrogen-bond donors (Lipinski definition) is 3. The number of anilines is 2. The van der Waals surface area contributed by atoms with Gasteiger partial charge in [0, 0.05) is 35.3 Å². The van der Waals surface area contributed by atoms with Gasteiger partial charge in [0.05, 0.1) is 11.4 Å². The Bertz CT molecular complexity index is 1890. The van der Waals surface area contributed by atoms with Crippen LogP contribution in [-0.4, -0.2) is 26.8 Å². The lowest BCUT2D eigenvalue weighted by Crippen LogP contribution is -2.33. The molecule has 4 N–H and O–H groups in total. The van der Waals surface area contributed by atoms with E-state index < -0.39 is 6.04 Å². The smallest absolute Gasteiger partial charge is 0.264 e. The number of fused-ring (bicyclic) bond motifs is 2. The van der Waals surface area contributed by atoms with Crippen LogP contribution >= 0.6 is 0 Å². The summed E-state index contributed by atoms with van der Waals surface area (Å²) < 4.78 is 3.19. The second-order valence-electron chi connectivity index (χ2n) is 9.45. The van der Waals surface area contributed by atoms with Gasteiger partial charge in [-0.2, -0.15) is 0 Å². The van der Waals surface area contributed by atoms with Gasteiger partial charge in [-0.3, -0.25) is 14.2 Å². The number of carbonyl (C=O) groups is 1. The Hall–Kier alpha value is -5.55. The average Bonchev–Trinajstić information content (AvgIpc) is 3.32. The molecule has 0 bridgehead atoms. The highest BCUT2D eigenvalue weighted by Crippen LogP contribution is 2.27. The summed E-state index contributed by atoms with van der Waals surface area (Å²) in [7, 11) is 0. The van der Waals surface area contributed by atoms with Crippen LogP contribution in [0.2, 0.25) is 0 Å². The van der Waals surface area contributed by atoms with E-state index in [-0.39, 0.29) is 22.8 Å². The first-order valence-electron chi connectivity index (χ1n) is 12.9. The number of nitrogen functional groups attached to an aromatic ring is 1. The molecular formula is C32H26N6O2. The molecule has 196 valence electrons. The molecule has 40 heavy (non-hydrogen) atoms. The van der Waals surface area contributed by atoms with Crippen LogP contribution in [0.3, 0.4) is 0 Å². The molecule has 1 aliphatic heterocycles. The van der Waals surface area contributed by atoms with Gasteiger partial charge in [-0.15, -0.1) is 5.10 Å². The Morgan fingerprint density at radius 3 is 2.55 bits per heavy atom. The zero-order valence-electron chi connectivity index (χ0n) is 21.8. The second-order valence-corrected chi connectivity index (χ2v) is 9.45. The van der Waals surface area contributed by atoms with Crippen molar-refractivity contribution in [2.75, 3.05) is 17.6 Å². The maximum Gasteiger partial charge on any atom is 0.264 e. The summed E-state index contributed by atoms with van der Waals surface area (Å²) in [6.07, 6.45) is 3.65. The predicted octanol–water partition coefficient (Wildman–Crippen LogP) is 4.56. The third-order valence-electron chi connectivity index (χ3n) is 6.79. The van der Waals surface area contributed by atoms with Crippen molar-refractivity contribution in [1.82, 2.24) is 19.7 Å². The van der Waals surface area contributed by atoms with E-state index in [9.17, 15) is 9.59 Å². The standard InChI is InChI=1S/C32H26N6O2/c1-21(35-31(39)28-29(33)36-37-19-9-18-34-30(28)37)26-20-24-13-8-12-23(17-16-22-10-4-2-5-11-22)27(24)32(40)38(26)25-14-6-3-7-15-25/h2-15,19-21,34H,18H2,1H3,(H2,33,36)(H,35,39). The Balaban J connectivity index is 1.46. The van der Waals surface area contributed by atoms with Crippen molar-refractivity contribution in [3.05, 3.63) is 124 Å². The van der Waals surface area contributed by atoms with Crippen LogP contribution < -0.4 is 21.9 Å². The van der Waals surface area contributed by atoms with Crippen LogP contribution in [0.5, 0.6) is 0 Å². The van der Waals surface area contributed by atoms with Crippen molar-refractivity contribution in [3.63, 3.8) is 0 Å². The number of amides is 1. The molecule has 0 aliphatic carbocycles. The highest BCUT2D eigenvalue weighted by molar-refractivity contribution is 6.04. The Kier molecular flexibility index (Phi) is 6.38. The van der Waals surface area contributed by atoms with Gasteiger partial charge >= 0.3 is 0 Å². The van der Waals surface area contributed by atoms with E-state index >= 15 is 0 Å². The van der Waals surface area contributed by atoms with Crippen molar-refractivity contribution in [3.8, 4) is 17.5 Å². The molecular weight excluding hydrogens is 500 g/mol. The molecule has 6 rings (SSSR count). The molecule has 1 atom stereocenters. The van der Waals surface area contributed by atoms with Gasteiger partial charge in [-0.1, -0.05) is 60.4 Å². The molecule has 0 fully saturated rings. The number of carbonyl (C=O) groups excluding carboxylic acids is 1. The Labute approximate surface area is 230 Å². The lowest BCUT2D eigenvalue weighted by Gasteiger charge is -2.21. The van der Waals surface area contributed by atoms with E-state index in [1.807, 2.05) is 97.9 Å². The fraction of sp³-hybridized carbons (Fsp3) is 0.0938. The Morgan fingerprint density at radius 2 is 1.77 bits per heavy atom. The van der Waals surface area contributed by atoms with Crippen LogP contribution in [0.1, 0.15) is 40.1 Å². The fourth-order valence-corrected chi connectivity index (χ4v) is 4.91. The first-order chi connectivity index (χ1) is 19.5. The molecule has 3 heterocycles. The maximum absolute atomic E-state index is 14.2. The zero-order valence-corrected chi connectivity index (χ0v) is 21.8. The van der Waals surface area contributed by atoms with Crippen LogP contribution in [0.25, 0.3) is 22.7 Å². The summed E-state index contributed by atoms with van der Waals surface area (Å²) in [4.78, 5) is 27.6. The highest BCUT2D eigenvalue weighted by Gasteiger charge is 2.26. The largest absolute Gasteiger partial charge is 0.381 e. The molecule has 1 unspecified atom stereocenters. The van der Waals surface area contributed by atoms with Crippen LogP contribution in [0, 0.1) is 11.8 Å². The highest BCUT2D eigenvalue weighted by atomic mass is 16.2. The number of aromatic nitrogens is 3. The number of nitrogens with zero attached hydrogens (tertiary/aromatic N) is 3. The molecule has 8 nitrogen and oxygen atoms in total. The van der Waals surface area contributed by atoms with Gasteiger partial charge in [0.25, 0.3) is 11.5 Å². The Morgan fingerprint density at radius 1 is 1.02 bits per heavy atom. The molecule has 0 spiro atoms. The monoisotopic (exact) mass is 526 g/mol. The topological polar surface area (TPSA) is 107 Å². The minimum absolute atomic E-state index is 0.124. The normalized spacial score (nSPS) is 12.6. The third-order valence-corrected chi connectivity index (χ3v) is 6.79. The summed E-state index contributed by atoms with van der Waals surface area (Å²) in [6.45, 7) is 2.41. The van der Waals surface area contributed by atoms with Gasteiger partial charge in [-0.05, 0) is 54.8 Å².